The monoisotopic (exact) mass is 227 g/mol. The lowest BCUT2D eigenvalue weighted by Gasteiger charge is -2.10. The van der Waals surface area contributed by atoms with Gasteiger partial charge in [-0.1, -0.05) is 0 Å². The van der Waals surface area contributed by atoms with Crippen molar-refractivity contribution in [1.82, 2.24) is 0 Å². The normalized spacial score (nSPS) is 12.2. The number of ether oxygens (including phenoxy) is 2. The number of anilines is 1. The summed E-state index contributed by atoms with van der Waals surface area (Å²) in [6.07, 6.45) is -0.199. The molecule has 0 radical (unpaired) electrons. The Balaban J connectivity index is 2.66. The summed E-state index contributed by atoms with van der Waals surface area (Å²) < 4.78 is 22.8. The van der Waals surface area contributed by atoms with Crippen molar-refractivity contribution in [3.05, 3.63) is 29.6 Å². The molecule has 0 amide bonds. The Bertz CT molecular complexity index is 361. The van der Waals surface area contributed by atoms with Gasteiger partial charge in [-0.2, -0.15) is 0 Å². The second-order valence-electron chi connectivity index (χ2n) is 3.42. The van der Waals surface area contributed by atoms with E-state index in [-0.39, 0.29) is 24.0 Å². The smallest absolute Gasteiger partial charge is 0.338 e. The number of nitrogens with two attached hydrogens (primary N) is 1. The van der Waals surface area contributed by atoms with Gasteiger partial charge in [0.25, 0.3) is 0 Å². The van der Waals surface area contributed by atoms with Gasteiger partial charge in [-0.3, -0.25) is 0 Å². The molecule has 1 aromatic carbocycles. The van der Waals surface area contributed by atoms with Crippen LogP contribution >= 0.6 is 0 Å². The molecular formula is C11H14FNO3. The van der Waals surface area contributed by atoms with Crippen LogP contribution in [0.3, 0.4) is 0 Å². The molecule has 1 rings (SSSR count). The molecule has 1 atom stereocenters. The summed E-state index contributed by atoms with van der Waals surface area (Å²) in [4.78, 5) is 11.5. The molecule has 0 aliphatic carbocycles. The first kappa shape index (κ1) is 12.4. The zero-order valence-corrected chi connectivity index (χ0v) is 9.20. The fourth-order valence-corrected chi connectivity index (χ4v) is 1.07. The van der Waals surface area contributed by atoms with Crippen LogP contribution in [0.4, 0.5) is 10.1 Å². The van der Waals surface area contributed by atoms with E-state index in [2.05, 4.69) is 0 Å². The van der Waals surface area contributed by atoms with Crippen LogP contribution in [0.15, 0.2) is 18.2 Å². The molecule has 88 valence electrons. The maximum atomic E-state index is 12.9. The molecule has 1 aromatic rings. The van der Waals surface area contributed by atoms with Crippen molar-refractivity contribution in [2.75, 3.05) is 19.5 Å². The molecule has 0 aliphatic heterocycles. The number of esters is 1. The first-order chi connectivity index (χ1) is 7.52. The van der Waals surface area contributed by atoms with Gasteiger partial charge in [-0.25, -0.2) is 9.18 Å². The lowest BCUT2D eigenvalue weighted by molar-refractivity contribution is 0.0169. The van der Waals surface area contributed by atoms with Crippen molar-refractivity contribution in [2.45, 2.75) is 13.0 Å². The Morgan fingerprint density at radius 3 is 2.75 bits per heavy atom. The van der Waals surface area contributed by atoms with Crippen molar-refractivity contribution in [1.29, 1.82) is 0 Å². The summed E-state index contributed by atoms with van der Waals surface area (Å²) in [5.74, 6) is -1.18. The molecule has 0 saturated carbocycles. The summed E-state index contributed by atoms with van der Waals surface area (Å²) in [5.41, 5.74) is 5.69. The Hall–Kier alpha value is -1.62. The highest BCUT2D eigenvalue weighted by atomic mass is 19.1. The number of carbonyl (C=O) groups excluding carboxylic acids is 1. The van der Waals surface area contributed by atoms with Gasteiger partial charge in [0.2, 0.25) is 0 Å². The molecule has 0 heterocycles. The van der Waals surface area contributed by atoms with Crippen LogP contribution in [-0.2, 0) is 9.47 Å². The van der Waals surface area contributed by atoms with Crippen LogP contribution in [0, 0.1) is 5.82 Å². The predicted octanol–water partition coefficient (Wildman–Crippen LogP) is 1.60. The molecule has 0 aliphatic rings. The minimum atomic E-state index is -0.616. The van der Waals surface area contributed by atoms with Crippen LogP contribution in [0.25, 0.3) is 0 Å². The van der Waals surface area contributed by atoms with Gasteiger partial charge < -0.3 is 15.2 Å². The molecule has 0 fully saturated rings. The molecule has 1 unspecified atom stereocenters. The quantitative estimate of drug-likeness (QED) is 0.627. The second-order valence-corrected chi connectivity index (χ2v) is 3.42. The van der Waals surface area contributed by atoms with Crippen LogP contribution in [0.1, 0.15) is 17.3 Å². The first-order valence-corrected chi connectivity index (χ1v) is 4.79. The third-order valence-electron chi connectivity index (χ3n) is 2.01. The van der Waals surface area contributed by atoms with Crippen LogP contribution in [0.2, 0.25) is 0 Å². The minimum Gasteiger partial charge on any atom is -0.459 e. The number of hydrogen-bond acceptors (Lipinski definition) is 4. The second kappa shape index (κ2) is 5.46. The van der Waals surface area contributed by atoms with Gasteiger partial charge >= 0.3 is 5.97 Å². The van der Waals surface area contributed by atoms with Crippen LogP contribution < -0.4 is 5.73 Å². The van der Waals surface area contributed by atoms with Gasteiger partial charge in [-0.15, -0.1) is 0 Å². The molecule has 0 aromatic heterocycles. The van der Waals surface area contributed by atoms with Gasteiger partial charge in [0.05, 0.1) is 11.7 Å². The number of nitrogen functional groups attached to an aromatic ring is 1. The van der Waals surface area contributed by atoms with Gasteiger partial charge in [0.1, 0.15) is 12.4 Å². The van der Waals surface area contributed by atoms with E-state index in [1.54, 1.807) is 6.92 Å². The first-order valence-electron chi connectivity index (χ1n) is 4.79. The lowest BCUT2D eigenvalue weighted by atomic mass is 10.2. The standard InChI is InChI=1S/C11H14FNO3/c1-7(15-2)6-16-11(14)8-3-9(12)5-10(13)4-8/h3-5,7H,6,13H2,1-2H3. The van der Waals surface area contributed by atoms with E-state index in [0.29, 0.717) is 0 Å². The highest BCUT2D eigenvalue weighted by molar-refractivity contribution is 5.90. The highest BCUT2D eigenvalue weighted by Crippen LogP contribution is 2.12. The Labute approximate surface area is 93.2 Å². The summed E-state index contributed by atoms with van der Waals surface area (Å²) in [6.45, 7) is 1.87. The molecule has 5 heteroatoms. The minimum absolute atomic E-state index is 0.0980. The van der Waals surface area contributed by atoms with E-state index < -0.39 is 11.8 Å². The van der Waals surface area contributed by atoms with Gasteiger partial charge in [-0.05, 0) is 25.1 Å². The van der Waals surface area contributed by atoms with Crippen LogP contribution in [-0.4, -0.2) is 25.8 Å². The summed E-state index contributed by atoms with van der Waals surface area (Å²) in [6, 6.07) is 3.58. The lowest BCUT2D eigenvalue weighted by Crippen LogP contribution is -2.17. The number of halogens is 1. The SMILES string of the molecule is COC(C)COC(=O)c1cc(N)cc(F)c1. The number of methoxy groups -OCH3 is 1. The maximum absolute atomic E-state index is 12.9. The molecule has 0 spiro atoms. The number of rotatable bonds is 4. The third kappa shape index (κ3) is 3.51. The van der Waals surface area contributed by atoms with Gasteiger partial charge in [0, 0.05) is 12.8 Å². The van der Waals surface area contributed by atoms with Crippen molar-refractivity contribution in [2.24, 2.45) is 0 Å². The average Bonchev–Trinajstić information content (AvgIpc) is 2.23. The van der Waals surface area contributed by atoms with Crippen molar-refractivity contribution < 1.29 is 18.7 Å². The van der Waals surface area contributed by atoms with Crippen molar-refractivity contribution >= 4 is 11.7 Å². The fraction of sp³-hybridized carbons (Fsp3) is 0.364. The highest BCUT2D eigenvalue weighted by Gasteiger charge is 2.11. The van der Waals surface area contributed by atoms with Gasteiger partial charge in [0.15, 0.2) is 0 Å². The molecule has 2 N–H and O–H groups in total. The van der Waals surface area contributed by atoms with E-state index in [4.69, 9.17) is 15.2 Å². The number of hydrogen-bond donors (Lipinski definition) is 1. The number of carbonyl (C=O) groups is 1. The van der Waals surface area contributed by atoms with E-state index >= 15 is 0 Å². The topological polar surface area (TPSA) is 61.5 Å². The van der Waals surface area contributed by atoms with Crippen LogP contribution in [0.5, 0.6) is 0 Å². The van der Waals surface area contributed by atoms with E-state index in [1.165, 1.54) is 13.2 Å². The average molecular weight is 227 g/mol. The molecule has 4 nitrogen and oxygen atoms in total. The zero-order valence-electron chi connectivity index (χ0n) is 9.20. The Morgan fingerprint density at radius 1 is 1.50 bits per heavy atom. The zero-order chi connectivity index (χ0) is 12.1. The molecule has 16 heavy (non-hydrogen) atoms. The summed E-state index contributed by atoms with van der Waals surface area (Å²) in [5, 5.41) is 0. The fourth-order valence-electron chi connectivity index (χ4n) is 1.07. The molecule has 0 saturated heterocycles. The molecular weight excluding hydrogens is 213 g/mol. The predicted molar refractivity (Wildman–Crippen MR) is 57.6 cm³/mol. The number of benzene rings is 1. The van der Waals surface area contributed by atoms with E-state index in [0.717, 1.165) is 12.1 Å². The largest absolute Gasteiger partial charge is 0.459 e. The third-order valence-corrected chi connectivity index (χ3v) is 2.01. The Kier molecular flexibility index (Phi) is 4.25. The van der Waals surface area contributed by atoms with Crippen molar-refractivity contribution in [3.8, 4) is 0 Å². The van der Waals surface area contributed by atoms with E-state index in [1.807, 2.05) is 0 Å². The van der Waals surface area contributed by atoms with E-state index in [9.17, 15) is 9.18 Å². The Morgan fingerprint density at radius 2 is 2.19 bits per heavy atom. The summed E-state index contributed by atoms with van der Waals surface area (Å²) in [7, 11) is 1.51. The molecule has 0 bridgehead atoms. The summed E-state index contributed by atoms with van der Waals surface area (Å²) >= 11 is 0. The van der Waals surface area contributed by atoms with Crippen molar-refractivity contribution in [3.63, 3.8) is 0 Å². The maximum Gasteiger partial charge on any atom is 0.338 e.